The van der Waals surface area contributed by atoms with Crippen molar-refractivity contribution in [2.75, 3.05) is 19.7 Å². The molecule has 0 aliphatic heterocycles. The highest BCUT2D eigenvalue weighted by molar-refractivity contribution is 7.14. The maximum atomic E-state index is 12.0. The van der Waals surface area contributed by atoms with Crippen LogP contribution in [-0.4, -0.2) is 41.5 Å². The van der Waals surface area contributed by atoms with Crippen molar-refractivity contribution >= 4 is 23.2 Å². The van der Waals surface area contributed by atoms with Crippen LogP contribution in [0.2, 0.25) is 0 Å². The first-order chi connectivity index (χ1) is 8.58. The summed E-state index contributed by atoms with van der Waals surface area (Å²) in [6.45, 7) is 1.88. The molecule has 0 spiro atoms. The summed E-state index contributed by atoms with van der Waals surface area (Å²) in [5.41, 5.74) is 5.08. The standard InChI is InChI=1S/C12H14N2O3S/c1-2-14(8-11(13)16)12(17)10-6-5-9(18-10)4-3-7-15/h5-6,15H,2,7-8H2,1H3,(H2,13,16). The Balaban J connectivity index is 2.82. The van der Waals surface area contributed by atoms with Crippen LogP contribution < -0.4 is 5.73 Å². The van der Waals surface area contributed by atoms with Gasteiger partial charge in [0, 0.05) is 6.54 Å². The molecule has 1 heterocycles. The molecule has 0 fully saturated rings. The molecule has 1 aromatic heterocycles. The Morgan fingerprint density at radius 1 is 1.50 bits per heavy atom. The van der Waals surface area contributed by atoms with Crippen LogP contribution in [0.25, 0.3) is 0 Å². The van der Waals surface area contributed by atoms with Gasteiger partial charge in [-0.05, 0) is 19.1 Å². The van der Waals surface area contributed by atoms with Crippen LogP contribution in [0, 0.1) is 11.8 Å². The number of likely N-dealkylation sites (N-methyl/N-ethyl adjacent to an activating group) is 1. The third kappa shape index (κ3) is 3.87. The fraction of sp³-hybridized carbons (Fsp3) is 0.333. The van der Waals surface area contributed by atoms with Crippen LogP contribution in [0.1, 0.15) is 21.5 Å². The Kier molecular flexibility index (Phi) is 5.36. The Morgan fingerprint density at radius 3 is 2.78 bits per heavy atom. The van der Waals surface area contributed by atoms with Crippen molar-refractivity contribution in [1.82, 2.24) is 4.90 Å². The van der Waals surface area contributed by atoms with Gasteiger partial charge in [-0.1, -0.05) is 11.8 Å². The second-order valence-corrected chi connectivity index (χ2v) is 4.49. The van der Waals surface area contributed by atoms with Crippen LogP contribution in [0.4, 0.5) is 0 Å². The van der Waals surface area contributed by atoms with Crippen molar-refractivity contribution in [3.8, 4) is 11.8 Å². The molecule has 5 nitrogen and oxygen atoms in total. The van der Waals surface area contributed by atoms with E-state index in [9.17, 15) is 9.59 Å². The summed E-state index contributed by atoms with van der Waals surface area (Å²) in [7, 11) is 0. The van der Waals surface area contributed by atoms with E-state index in [0.29, 0.717) is 16.3 Å². The summed E-state index contributed by atoms with van der Waals surface area (Å²) >= 11 is 1.22. The van der Waals surface area contributed by atoms with Crippen molar-refractivity contribution in [3.05, 3.63) is 21.9 Å². The van der Waals surface area contributed by atoms with Gasteiger partial charge in [0.25, 0.3) is 5.91 Å². The number of rotatable bonds is 4. The largest absolute Gasteiger partial charge is 0.384 e. The van der Waals surface area contributed by atoms with E-state index in [1.165, 1.54) is 16.2 Å². The monoisotopic (exact) mass is 266 g/mol. The predicted octanol–water partition coefficient (Wildman–Crippen LogP) is 0.0393. The summed E-state index contributed by atoms with van der Waals surface area (Å²) in [5.74, 6) is 4.46. The number of nitrogens with zero attached hydrogens (tertiary/aromatic N) is 1. The molecule has 0 saturated carbocycles. The Hall–Kier alpha value is -1.84. The van der Waals surface area contributed by atoms with Gasteiger partial charge < -0.3 is 15.7 Å². The summed E-state index contributed by atoms with van der Waals surface area (Å²) in [5, 5.41) is 8.57. The predicted molar refractivity (Wildman–Crippen MR) is 69.1 cm³/mol. The minimum absolute atomic E-state index is 0.0924. The van der Waals surface area contributed by atoms with Crippen molar-refractivity contribution < 1.29 is 14.7 Å². The van der Waals surface area contributed by atoms with Crippen LogP contribution in [0.5, 0.6) is 0 Å². The van der Waals surface area contributed by atoms with E-state index in [0.717, 1.165) is 0 Å². The summed E-state index contributed by atoms with van der Waals surface area (Å²) in [4.78, 5) is 25.4. The first kappa shape index (κ1) is 14.2. The molecule has 0 saturated heterocycles. The second-order valence-electron chi connectivity index (χ2n) is 3.41. The summed E-state index contributed by atoms with van der Waals surface area (Å²) in [6.07, 6.45) is 0. The molecule has 0 atom stereocenters. The lowest BCUT2D eigenvalue weighted by Crippen LogP contribution is -2.37. The normalized spacial score (nSPS) is 9.44. The molecule has 18 heavy (non-hydrogen) atoms. The fourth-order valence-corrected chi connectivity index (χ4v) is 2.17. The van der Waals surface area contributed by atoms with Crippen molar-refractivity contribution in [1.29, 1.82) is 0 Å². The van der Waals surface area contributed by atoms with E-state index in [1.807, 2.05) is 0 Å². The van der Waals surface area contributed by atoms with E-state index >= 15 is 0 Å². The first-order valence-electron chi connectivity index (χ1n) is 5.35. The highest BCUT2D eigenvalue weighted by Crippen LogP contribution is 2.17. The van der Waals surface area contributed by atoms with Gasteiger partial charge in [0.05, 0.1) is 16.3 Å². The maximum absolute atomic E-state index is 12.0. The zero-order chi connectivity index (χ0) is 13.5. The zero-order valence-electron chi connectivity index (χ0n) is 9.97. The highest BCUT2D eigenvalue weighted by atomic mass is 32.1. The number of amides is 2. The van der Waals surface area contributed by atoms with Gasteiger partial charge in [-0.2, -0.15) is 0 Å². The second kappa shape index (κ2) is 6.79. The number of nitrogens with two attached hydrogens (primary N) is 1. The third-order valence-corrected chi connectivity index (χ3v) is 3.11. The number of hydrogen-bond donors (Lipinski definition) is 2. The van der Waals surface area contributed by atoms with Gasteiger partial charge in [-0.15, -0.1) is 11.3 Å². The quantitative estimate of drug-likeness (QED) is 0.755. The molecular formula is C12H14N2O3S. The Bertz CT molecular complexity index is 499. The highest BCUT2D eigenvalue weighted by Gasteiger charge is 2.17. The Labute approximate surface area is 109 Å². The topological polar surface area (TPSA) is 83.6 Å². The van der Waals surface area contributed by atoms with Gasteiger partial charge in [0.15, 0.2) is 0 Å². The Morgan fingerprint density at radius 2 is 2.22 bits per heavy atom. The lowest BCUT2D eigenvalue weighted by molar-refractivity contribution is -0.118. The summed E-state index contributed by atoms with van der Waals surface area (Å²) < 4.78 is 0. The first-order valence-corrected chi connectivity index (χ1v) is 6.17. The van der Waals surface area contributed by atoms with Gasteiger partial charge >= 0.3 is 0 Å². The average molecular weight is 266 g/mol. The van der Waals surface area contributed by atoms with E-state index < -0.39 is 5.91 Å². The molecule has 2 amide bonds. The molecule has 1 rings (SSSR count). The van der Waals surface area contributed by atoms with E-state index in [-0.39, 0.29) is 19.1 Å². The lowest BCUT2D eigenvalue weighted by Gasteiger charge is -2.17. The van der Waals surface area contributed by atoms with Crippen molar-refractivity contribution in [2.24, 2.45) is 5.73 Å². The summed E-state index contributed by atoms with van der Waals surface area (Å²) in [6, 6.07) is 3.36. The molecule has 0 aromatic carbocycles. The van der Waals surface area contributed by atoms with Crippen LogP contribution in [0.3, 0.4) is 0 Å². The molecule has 96 valence electrons. The van der Waals surface area contributed by atoms with Gasteiger partial charge in [-0.25, -0.2) is 0 Å². The molecule has 0 unspecified atom stereocenters. The molecule has 0 radical (unpaired) electrons. The maximum Gasteiger partial charge on any atom is 0.264 e. The molecule has 0 bridgehead atoms. The SMILES string of the molecule is CCN(CC(N)=O)C(=O)c1ccc(C#CCO)s1. The molecule has 6 heteroatoms. The number of hydrogen-bond acceptors (Lipinski definition) is 4. The number of thiophene rings is 1. The molecule has 0 aliphatic carbocycles. The van der Waals surface area contributed by atoms with Crippen molar-refractivity contribution in [3.63, 3.8) is 0 Å². The van der Waals surface area contributed by atoms with Crippen LogP contribution in [0.15, 0.2) is 12.1 Å². The van der Waals surface area contributed by atoms with Crippen LogP contribution in [-0.2, 0) is 4.79 Å². The molecule has 0 aliphatic rings. The minimum atomic E-state index is -0.540. The van der Waals surface area contributed by atoms with E-state index in [2.05, 4.69) is 11.8 Å². The zero-order valence-corrected chi connectivity index (χ0v) is 10.8. The fourth-order valence-electron chi connectivity index (χ4n) is 1.32. The minimum Gasteiger partial charge on any atom is -0.384 e. The smallest absolute Gasteiger partial charge is 0.264 e. The third-order valence-electron chi connectivity index (χ3n) is 2.12. The lowest BCUT2D eigenvalue weighted by atomic mass is 10.3. The molecule has 1 aromatic rings. The van der Waals surface area contributed by atoms with Crippen molar-refractivity contribution in [2.45, 2.75) is 6.92 Å². The number of carbonyl (C=O) groups excluding carboxylic acids is 2. The van der Waals surface area contributed by atoms with Crippen LogP contribution >= 0.6 is 11.3 Å². The number of aliphatic hydroxyl groups excluding tert-OH is 1. The van der Waals surface area contributed by atoms with Gasteiger partial charge in [0.1, 0.15) is 6.61 Å². The molecular weight excluding hydrogens is 252 g/mol. The van der Waals surface area contributed by atoms with E-state index in [1.54, 1.807) is 19.1 Å². The number of primary amides is 1. The van der Waals surface area contributed by atoms with Gasteiger partial charge in [0.2, 0.25) is 5.91 Å². The number of carbonyl (C=O) groups is 2. The number of aliphatic hydroxyl groups is 1. The van der Waals surface area contributed by atoms with Gasteiger partial charge in [-0.3, -0.25) is 9.59 Å². The van der Waals surface area contributed by atoms with E-state index in [4.69, 9.17) is 10.8 Å². The molecule has 3 N–H and O–H groups in total. The average Bonchev–Trinajstić information content (AvgIpc) is 2.81.